The first-order chi connectivity index (χ1) is 11.8. The average molecular weight is 325 g/mol. The number of rotatable bonds is 2. The summed E-state index contributed by atoms with van der Waals surface area (Å²) in [7, 11) is 0. The van der Waals surface area contributed by atoms with Gasteiger partial charge in [0.05, 0.1) is 12.6 Å². The molecule has 2 aromatic carbocycles. The zero-order valence-corrected chi connectivity index (χ0v) is 13.8. The van der Waals surface area contributed by atoms with E-state index in [2.05, 4.69) is 29.6 Å². The van der Waals surface area contributed by atoms with Gasteiger partial charge < -0.3 is 14.8 Å². The van der Waals surface area contributed by atoms with Crippen molar-refractivity contribution in [1.82, 2.24) is 5.32 Å². The van der Waals surface area contributed by atoms with Crippen LogP contribution < -0.4 is 10.1 Å². The zero-order valence-electron chi connectivity index (χ0n) is 13.8. The summed E-state index contributed by atoms with van der Waals surface area (Å²) in [6.07, 6.45) is 3.50. The Kier molecular flexibility index (Phi) is 4.39. The minimum Gasteiger partial charge on any atom is -0.493 e. The molecule has 1 N–H and O–H groups in total. The van der Waals surface area contributed by atoms with Gasteiger partial charge in [-0.2, -0.15) is 0 Å². The molecule has 0 radical (unpaired) electrons. The first-order valence-corrected chi connectivity index (χ1v) is 8.85. The third kappa shape index (κ3) is 2.98. The number of carbonyl (C=O) groups is 1. The molecular weight excluding hydrogens is 302 g/mol. The first-order valence-electron chi connectivity index (χ1n) is 8.85. The Hall–Kier alpha value is -2.07. The lowest BCUT2D eigenvalue weighted by atomic mass is 9.95. The summed E-state index contributed by atoms with van der Waals surface area (Å²) in [6.45, 7) is 2.07. The van der Waals surface area contributed by atoms with Crippen LogP contribution in [-0.4, -0.2) is 25.7 Å². The van der Waals surface area contributed by atoms with Gasteiger partial charge in [-0.3, -0.25) is 4.79 Å². The van der Waals surface area contributed by atoms with E-state index >= 15 is 0 Å². The van der Waals surface area contributed by atoms with Crippen molar-refractivity contribution in [3.63, 3.8) is 0 Å². The molecule has 1 fully saturated rings. The molecule has 0 aliphatic carbocycles. The van der Waals surface area contributed by atoms with E-state index in [1.807, 2.05) is 12.1 Å². The number of benzene rings is 2. The van der Waals surface area contributed by atoms with Crippen molar-refractivity contribution < 1.29 is 14.3 Å². The van der Waals surface area contributed by atoms with Crippen molar-refractivity contribution in [3.8, 4) is 5.75 Å². The highest BCUT2D eigenvalue weighted by molar-refractivity contribution is 5.90. The van der Waals surface area contributed by atoms with E-state index in [4.69, 9.17) is 9.47 Å². The van der Waals surface area contributed by atoms with Crippen molar-refractivity contribution in [2.24, 2.45) is 5.92 Å². The van der Waals surface area contributed by atoms with Gasteiger partial charge in [0.15, 0.2) is 0 Å². The molecule has 0 bridgehead atoms. The maximum absolute atomic E-state index is 12.6. The summed E-state index contributed by atoms with van der Waals surface area (Å²) in [4.78, 5) is 12.6. The molecule has 0 spiro atoms. The van der Waals surface area contributed by atoms with Gasteiger partial charge in [0, 0.05) is 30.1 Å². The zero-order chi connectivity index (χ0) is 16.4. The fourth-order valence-corrected chi connectivity index (χ4v) is 3.71. The van der Waals surface area contributed by atoms with Gasteiger partial charge in [-0.1, -0.05) is 36.4 Å². The van der Waals surface area contributed by atoms with Gasteiger partial charge in [0.2, 0.25) is 5.91 Å². The van der Waals surface area contributed by atoms with Crippen LogP contribution in [0.3, 0.4) is 0 Å². The summed E-state index contributed by atoms with van der Waals surface area (Å²) in [6, 6.07) is 12.5. The SMILES string of the molecule is O=C(NC1CCCOc2c1ccc1ccccc21)C1CCOCC1. The Balaban J connectivity index is 1.63. The molecule has 4 rings (SSSR count). The summed E-state index contributed by atoms with van der Waals surface area (Å²) < 4.78 is 11.4. The van der Waals surface area contributed by atoms with Crippen LogP contribution in [0, 0.1) is 5.92 Å². The Labute approximate surface area is 142 Å². The Morgan fingerprint density at radius 2 is 1.83 bits per heavy atom. The third-order valence-corrected chi connectivity index (χ3v) is 5.08. The van der Waals surface area contributed by atoms with E-state index in [-0.39, 0.29) is 17.9 Å². The van der Waals surface area contributed by atoms with Gasteiger partial charge in [-0.05, 0) is 31.1 Å². The van der Waals surface area contributed by atoms with E-state index in [0.717, 1.165) is 42.4 Å². The van der Waals surface area contributed by atoms with Crippen LogP contribution in [0.5, 0.6) is 5.75 Å². The average Bonchev–Trinajstić information content (AvgIpc) is 2.85. The minimum absolute atomic E-state index is 0.0300. The fourth-order valence-electron chi connectivity index (χ4n) is 3.71. The maximum Gasteiger partial charge on any atom is 0.223 e. The normalized spacial score (nSPS) is 21.6. The van der Waals surface area contributed by atoms with Gasteiger partial charge in [0.1, 0.15) is 5.75 Å². The third-order valence-electron chi connectivity index (χ3n) is 5.08. The number of hydrogen-bond donors (Lipinski definition) is 1. The van der Waals surface area contributed by atoms with E-state index in [1.54, 1.807) is 0 Å². The molecule has 4 heteroatoms. The molecule has 126 valence electrons. The standard InChI is InChI=1S/C20H23NO3/c22-20(15-9-12-23-13-10-15)21-18-6-3-11-24-19-16-5-2-1-4-14(16)7-8-17(18)19/h1-2,4-5,7-8,15,18H,3,6,9-13H2,(H,21,22). The lowest BCUT2D eigenvalue weighted by molar-refractivity contribution is -0.128. The van der Waals surface area contributed by atoms with Crippen LogP contribution in [-0.2, 0) is 9.53 Å². The number of nitrogens with one attached hydrogen (secondary N) is 1. The van der Waals surface area contributed by atoms with Crippen LogP contribution >= 0.6 is 0 Å². The summed E-state index contributed by atoms with van der Waals surface area (Å²) >= 11 is 0. The first kappa shape index (κ1) is 15.5. The highest BCUT2D eigenvalue weighted by Gasteiger charge is 2.27. The quantitative estimate of drug-likeness (QED) is 0.918. The van der Waals surface area contributed by atoms with Crippen molar-refractivity contribution >= 4 is 16.7 Å². The topological polar surface area (TPSA) is 47.6 Å². The number of hydrogen-bond acceptors (Lipinski definition) is 3. The van der Waals surface area contributed by atoms with Gasteiger partial charge >= 0.3 is 0 Å². The van der Waals surface area contributed by atoms with Crippen LogP contribution in [0.25, 0.3) is 10.8 Å². The monoisotopic (exact) mass is 325 g/mol. The second-order valence-electron chi connectivity index (χ2n) is 6.64. The van der Waals surface area contributed by atoms with Crippen molar-refractivity contribution in [1.29, 1.82) is 0 Å². The second kappa shape index (κ2) is 6.81. The molecule has 1 unspecified atom stereocenters. The molecule has 2 aliphatic rings. The van der Waals surface area contributed by atoms with Crippen molar-refractivity contribution in [2.75, 3.05) is 19.8 Å². The van der Waals surface area contributed by atoms with Crippen molar-refractivity contribution in [3.05, 3.63) is 42.0 Å². The second-order valence-corrected chi connectivity index (χ2v) is 6.64. The molecule has 24 heavy (non-hydrogen) atoms. The van der Waals surface area contributed by atoms with E-state index in [9.17, 15) is 4.79 Å². The Bertz CT molecular complexity index is 737. The van der Waals surface area contributed by atoms with Crippen LogP contribution in [0.2, 0.25) is 0 Å². The van der Waals surface area contributed by atoms with Crippen LogP contribution in [0.15, 0.2) is 36.4 Å². The predicted octanol–water partition coefficient (Wildman–Crippen LogP) is 3.60. The summed E-state index contributed by atoms with van der Waals surface area (Å²) in [5, 5.41) is 5.58. The van der Waals surface area contributed by atoms with Crippen LogP contribution in [0.1, 0.15) is 37.3 Å². The van der Waals surface area contributed by atoms with Gasteiger partial charge in [-0.15, -0.1) is 0 Å². The highest BCUT2D eigenvalue weighted by Crippen LogP contribution is 2.37. The van der Waals surface area contributed by atoms with E-state index < -0.39 is 0 Å². The van der Waals surface area contributed by atoms with E-state index in [0.29, 0.717) is 19.8 Å². The fraction of sp³-hybridized carbons (Fsp3) is 0.450. The predicted molar refractivity (Wildman–Crippen MR) is 93.1 cm³/mol. The molecule has 2 aliphatic heterocycles. The summed E-state index contributed by atoms with van der Waals surface area (Å²) in [5.74, 6) is 1.17. The molecule has 2 aromatic rings. The number of ether oxygens (including phenoxy) is 2. The van der Waals surface area contributed by atoms with Gasteiger partial charge in [-0.25, -0.2) is 0 Å². The number of fused-ring (bicyclic) bond motifs is 3. The lowest BCUT2D eigenvalue weighted by Gasteiger charge is -2.25. The molecule has 1 amide bonds. The maximum atomic E-state index is 12.6. The molecular formula is C20H23NO3. The minimum atomic E-state index is 0.0300. The molecule has 2 heterocycles. The Morgan fingerprint density at radius 1 is 1.00 bits per heavy atom. The molecule has 0 aromatic heterocycles. The van der Waals surface area contributed by atoms with E-state index in [1.165, 1.54) is 5.39 Å². The highest BCUT2D eigenvalue weighted by atomic mass is 16.5. The number of carbonyl (C=O) groups excluding carboxylic acids is 1. The smallest absolute Gasteiger partial charge is 0.223 e. The lowest BCUT2D eigenvalue weighted by Crippen LogP contribution is -2.36. The van der Waals surface area contributed by atoms with Crippen molar-refractivity contribution in [2.45, 2.75) is 31.7 Å². The Morgan fingerprint density at radius 3 is 2.71 bits per heavy atom. The summed E-state index contributed by atoms with van der Waals surface area (Å²) in [5.41, 5.74) is 1.10. The van der Waals surface area contributed by atoms with Gasteiger partial charge in [0.25, 0.3) is 0 Å². The van der Waals surface area contributed by atoms with Crippen LogP contribution in [0.4, 0.5) is 0 Å². The molecule has 0 saturated carbocycles. The number of amides is 1. The molecule has 1 atom stereocenters. The molecule has 4 nitrogen and oxygen atoms in total. The molecule has 1 saturated heterocycles. The largest absolute Gasteiger partial charge is 0.493 e.